The van der Waals surface area contributed by atoms with Gasteiger partial charge in [0.1, 0.15) is 0 Å². The molecule has 0 aliphatic heterocycles. The minimum absolute atomic E-state index is 0.0620. The highest BCUT2D eigenvalue weighted by molar-refractivity contribution is 5.82. The highest BCUT2D eigenvalue weighted by Gasteiger charge is 2.49. The first-order chi connectivity index (χ1) is 10.0. The summed E-state index contributed by atoms with van der Waals surface area (Å²) in [4.78, 5) is 9.78. The first kappa shape index (κ1) is 16.1. The Bertz CT molecular complexity index is 711. The van der Waals surface area contributed by atoms with Gasteiger partial charge in [-0.3, -0.25) is 14.7 Å². The van der Waals surface area contributed by atoms with Crippen LogP contribution in [0.15, 0.2) is 30.5 Å². The second kappa shape index (κ2) is 5.16. The Balaban J connectivity index is 2.43. The quantitative estimate of drug-likeness (QED) is 0.485. The van der Waals surface area contributed by atoms with Crippen LogP contribution in [-0.4, -0.2) is 22.2 Å². The van der Waals surface area contributed by atoms with Crippen LogP contribution in [0.5, 0.6) is 0 Å². The van der Waals surface area contributed by atoms with E-state index >= 15 is 0 Å². The van der Waals surface area contributed by atoms with Gasteiger partial charge < -0.3 is 0 Å². The van der Waals surface area contributed by atoms with Crippen LogP contribution in [0.25, 0.3) is 10.9 Å². The minimum Gasteiger partial charge on any atom is -0.284 e. The normalized spacial score (nSPS) is 14.3. The number of rotatable bonds is 4. The van der Waals surface area contributed by atoms with Crippen LogP contribution in [0.4, 0.5) is 32.0 Å². The van der Waals surface area contributed by atoms with Gasteiger partial charge in [0.25, 0.3) is 12.0 Å². The van der Waals surface area contributed by atoms with Crippen molar-refractivity contribution in [2.75, 3.05) is 0 Å². The summed E-state index contributed by atoms with van der Waals surface area (Å²) in [6.07, 6.45) is -8.94. The Kier molecular flexibility index (Phi) is 3.77. The molecule has 11 heteroatoms. The average Bonchev–Trinajstić information content (AvgIpc) is 2.79. The summed E-state index contributed by atoms with van der Waals surface area (Å²) >= 11 is 0. The van der Waals surface area contributed by atoms with Gasteiger partial charge in [-0.1, -0.05) is 0 Å². The fourth-order valence-electron chi connectivity index (χ4n) is 1.80. The van der Waals surface area contributed by atoms with Gasteiger partial charge in [-0.15, -0.1) is 13.2 Å². The number of ether oxygens (including phenoxy) is 1. The van der Waals surface area contributed by atoms with Gasteiger partial charge in [-0.25, -0.2) is 9.13 Å². The molecule has 0 saturated heterocycles. The topological polar surface area (TPSA) is 57.3 Å². The molecule has 0 saturated carbocycles. The van der Waals surface area contributed by atoms with Crippen molar-refractivity contribution in [2.45, 2.75) is 18.8 Å². The average molecular weight is 328 g/mol. The number of hydrogen-bond acceptors (Lipinski definition) is 3. The van der Waals surface area contributed by atoms with Gasteiger partial charge >= 0.3 is 12.4 Å². The van der Waals surface area contributed by atoms with Gasteiger partial charge in [-0.05, 0) is 12.1 Å². The second-order valence-corrected chi connectivity index (χ2v) is 4.15. The van der Waals surface area contributed by atoms with E-state index in [9.17, 15) is 36.5 Å². The van der Waals surface area contributed by atoms with Gasteiger partial charge in [0.05, 0.1) is 10.4 Å². The number of nitro benzene ring substituents is 1. The molecule has 1 atom stereocenters. The first-order valence-electron chi connectivity index (χ1n) is 5.55. The Labute approximate surface area is 117 Å². The van der Waals surface area contributed by atoms with E-state index in [1.807, 2.05) is 0 Å². The van der Waals surface area contributed by atoms with E-state index in [-0.39, 0.29) is 15.5 Å². The van der Waals surface area contributed by atoms with Crippen LogP contribution in [-0.2, 0) is 10.8 Å². The van der Waals surface area contributed by atoms with Crippen molar-refractivity contribution in [1.29, 1.82) is 0 Å². The second-order valence-electron chi connectivity index (χ2n) is 4.15. The zero-order valence-electron chi connectivity index (χ0n) is 10.4. The molecule has 1 aromatic carbocycles. The molecule has 0 spiro atoms. The summed E-state index contributed by atoms with van der Waals surface area (Å²) in [5.74, 6) is 0. The molecule has 2 aromatic rings. The fraction of sp³-hybridized carbons (Fsp3) is 0.273. The molecule has 0 radical (unpaired) electrons. The molecule has 1 aromatic heterocycles. The molecular weight excluding hydrogens is 322 g/mol. The van der Waals surface area contributed by atoms with Crippen LogP contribution in [0.2, 0.25) is 0 Å². The number of nitrogens with zero attached hydrogens (tertiary/aromatic N) is 2. The number of benzene rings is 1. The number of alkyl halides is 6. The minimum atomic E-state index is -5.58. The van der Waals surface area contributed by atoms with Crippen LogP contribution >= 0.6 is 0 Å². The van der Waals surface area contributed by atoms with Crippen LogP contribution < -0.4 is 0 Å². The van der Waals surface area contributed by atoms with E-state index < -0.39 is 29.4 Å². The molecule has 2 rings (SSSR count). The third kappa shape index (κ3) is 2.98. The van der Waals surface area contributed by atoms with E-state index in [0.29, 0.717) is 6.20 Å². The number of fused-ring (bicyclic) bond motifs is 1. The molecule has 5 nitrogen and oxygen atoms in total. The molecule has 0 bridgehead atoms. The largest absolute Gasteiger partial charge is 0.525 e. The molecular formula is C11H6F6N2O3. The zero-order chi connectivity index (χ0) is 16.7. The van der Waals surface area contributed by atoms with Gasteiger partial charge in [-0.2, -0.15) is 8.78 Å². The summed E-state index contributed by atoms with van der Waals surface area (Å²) in [7, 11) is 0. The molecule has 1 heterocycles. The molecule has 120 valence electrons. The monoisotopic (exact) mass is 328 g/mol. The lowest BCUT2D eigenvalue weighted by Gasteiger charge is -2.23. The summed E-state index contributed by atoms with van der Waals surface area (Å²) < 4.78 is 78.8. The van der Waals surface area contributed by atoms with E-state index in [4.69, 9.17) is 0 Å². The first-order valence-corrected chi connectivity index (χ1v) is 5.55. The number of non-ortho nitro benzene ring substituents is 1. The highest BCUT2D eigenvalue weighted by atomic mass is 19.4. The van der Waals surface area contributed by atoms with Crippen molar-refractivity contribution in [3.8, 4) is 0 Å². The lowest BCUT2D eigenvalue weighted by molar-refractivity contribution is -0.399. The Morgan fingerprint density at radius 3 is 2.36 bits per heavy atom. The van der Waals surface area contributed by atoms with Crippen molar-refractivity contribution in [3.63, 3.8) is 0 Å². The van der Waals surface area contributed by atoms with Crippen molar-refractivity contribution in [3.05, 3.63) is 40.6 Å². The van der Waals surface area contributed by atoms with E-state index in [1.54, 1.807) is 0 Å². The van der Waals surface area contributed by atoms with E-state index in [2.05, 4.69) is 4.74 Å². The maximum atomic E-state index is 13.7. The molecule has 0 N–H and O–H groups in total. The molecule has 0 amide bonds. The van der Waals surface area contributed by atoms with Crippen molar-refractivity contribution >= 4 is 16.6 Å². The molecule has 1 unspecified atom stereocenters. The maximum Gasteiger partial charge on any atom is 0.525 e. The van der Waals surface area contributed by atoms with Crippen molar-refractivity contribution in [1.82, 2.24) is 4.57 Å². The fourth-order valence-corrected chi connectivity index (χ4v) is 1.80. The van der Waals surface area contributed by atoms with Crippen LogP contribution in [0.3, 0.4) is 0 Å². The smallest absolute Gasteiger partial charge is 0.284 e. The summed E-state index contributed by atoms with van der Waals surface area (Å²) in [5, 5.41) is 10.5. The molecule has 22 heavy (non-hydrogen) atoms. The summed E-state index contributed by atoms with van der Waals surface area (Å²) in [6, 6.07) is -1.00. The number of nitro groups is 1. The number of hydrogen-bond donors (Lipinski definition) is 0. The van der Waals surface area contributed by atoms with Crippen molar-refractivity contribution < 1.29 is 36.0 Å². The third-order valence-corrected chi connectivity index (χ3v) is 2.72. The van der Waals surface area contributed by atoms with E-state index in [0.717, 1.165) is 24.3 Å². The lowest BCUT2D eigenvalue weighted by atomic mass is 10.2. The molecule has 0 aliphatic rings. The highest BCUT2D eigenvalue weighted by Crippen LogP contribution is 2.36. The van der Waals surface area contributed by atoms with Crippen LogP contribution in [0.1, 0.15) is 0 Å². The van der Waals surface area contributed by atoms with Gasteiger partial charge in [0.2, 0.25) is 0 Å². The Morgan fingerprint density at radius 1 is 1.18 bits per heavy atom. The predicted octanol–water partition coefficient (Wildman–Crippen LogP) is 3.93. The standard InChI is InChI=1S/C11H6F6N2O3/c12-9(22-11(15,16)17)10(13,14)18-4-3-6-5-7(19(20)21)1-2-8(6)18/h1-5,9H. The summed E-state index contributed by atoms with van der Waals surface area (Å²) in [6.45, 7) is 0. The van der Waals surface area contributed by atoms with Gasteiger partial charge in [0.15, 0.2) is 0 Å². The van der Waals surface area contributed by atoms with Gasteiger partial charge in [0, 0.05) is 23.7 Å². The Hall–Kier alpha value is -2.30. The molecule has 0 aliphatic carbocycles. The van der Waals surface area contributed by atoms with Crippen LogP contribution in [0, 0.1) is 10.1 Å². The lowest BCUT2D eigenvalue weighted by Crippen LogP contribution is -2.38. The SMILES string of the molecule is O=[N+]([O-])c1ccc2c(ccn2C(F)(F)C(F)OC(F)(F)F)c1. The van der Waals surface area contributed by atoms with E-state index in [1.165, 1.54) is 0 Å². The third-order valence-electron chi connectivity index (χ3n) is 2.72. The summed E-state index contributed by atoms with van der Waals surface area (Å²) in [5.41, 5.74) is -0.791. The zero-order valence-corrected chi connectivity index (χ0v) is 10.4. The van der Waals surface area contributed by atoms with Crippen molar-refractivity contribution in [2.24, 2.45) is 0 Å². The number of halogens is 6. The predicted molar refractivity (Wildman–Crippen MR) is 60.8 cm³/mol. The maximum absolute atomic E-state index is 13.7. The Morgan fingerprint density at radius 2 is 1.82 bits per heavy atom. The number of aromatic nitrogens is 1. The molecule has 0 fully saturated rings.